The van der Waals surface area contributed by atoms with Gasteiger partial charge < -0.3 is 19.9 Å². The Bertz CT molecular complexity index is 2160. The van der Waals surface area contributed by atoms with Gasteiger partial charge in [-0.1, -0.05) is 96.6 Å². The van der Waals surface area contributed by atoms with Crippen LogP contribution in [0.5, 0.6) is 11.5 Å². The second-order valence-corrected chi connectivity index (χ2v) is 13.7. The number of phenolic OH excluding ortho intramolecular Hbond substituents is 1. The molecule has 1 heterocycles. The van der Waals surface area contributed by atoms with Crippen LogP contribution in [0.25, 0.3) is 5.57 Å². The molecule has 1 aliphatic heterocycles. The average molecular weight is 680 g/mol. The molecule has 10 heteroatoms. The van der Waals surface area contributed by atoms with E-state index in [0.717, 1.165) is 4.90 Å². The molecule has 8 rings (SSSR count). The standard InChI is InChI=1S/C41H34BNO8/c1-51-33-17-9-16-29(38(33)46)36-27-18-19-28-35(40(48)43(39(28)47)26-15-8-14-25(20-26)42(49)50)31(27)21-32-37(45)30(23-10-4-2-5-11-23)22-34(44)41(32,36)24-12-6-3-7-13-24/h2-18,20,22,28,31-32,35-36,46,49-50H,19,21H2,1H3/t28-,31+,32-,35-,36+,41-/m0/s1. The first-order valence-electron chi connectivity index (χ1n) is 17.0. The van der Waals surface area contributed by atoms with Crippen LogP contribution in [0.2, 0.25) is 0 Å². The van der Waals surface area contributed by atoms with E-state index in [2.05, 4.69) is 0 Å². The van der Waals surface area contributed by atoms with Crippen molar-refractivity contribution in [3.63, 3.8) is 0 Å². The van der Waals surface area contributed by atoms with Crippen LogP contribution in [-0.4, -0.2) is 52.8 Å². The van der Waals surface area contributed by atoms with Crippen LogP contribution in [0.3, 0.4) is 0 Å². The molecule has 4 aromatic rings. The van der Waals surface area contributed by atoms with Gasteiger partial charge in [-0.2, -0.15) is 0 Å². The van der Waals surface area contributed by atoms with E-state index in [1.165, 1.54) is 25.3 Å². The largest absolute Gasteiger partial charge is 0.504 e. The van der Waals surface area contributed by atoms with Gasteiger partial charge in [-0.05, 0) is 59.6 Å². The van der Waals surface area contributed by atoms with E-state index >= 15 is 9.59 Å². The number of imide groups is 1. The van der Waals surface area contributed by atoms with Crippen LogP contribution < -0.4 is 15.1 Å². The van der Waals surface area contributed by atoms with Crippen LogP contribution in [0.15, 0.2) is 121 Å². The Morgan fingerprint density at radius 3 is 2.24 bits per heavy atom. The van der Waals surface area contributed by atoms with Crippen molar-refractivity contribution in [1.29, 1.82) is 0 Å². The molecule has 0 radical (unpaired) electrons. The second kappa shape index (κ2) is 12.3. The highest BCUT2D eigenvalue weighted by molar-refractivity contribution is 6.58. The Labute approximate surface area is 294 Å². The summed E-state index contributed by atoms with van der Waals surface area (Å²) in [5.74, 6) is -5.49. The van der Waals surface area contributed by atoms with Gasteiger partial charge in [0, 0.05) is 23.0 Å². The molecule has 4 aliphatic rings. The fraction of sp³-hybridized carbons (Fsp3) is 0.220. The number of para-hydroxylation sites is 1. The van der Waals surface area contributed by atoms with E-state index in [9.17, 15) is 24.7 Å². The first-order chi connectivity index (χ1) is 24.7. The third kappa shape index (κ3) is 4.77. The number of hydrogen-bond acceptors (Lipinski definition) is 8. The van der Waals surface area contributed by atoms with E-state index in [4.69, 9.17) is 4.74 Å². The molecule has 2 fully saturated rings. The number of anilines is 1. The summed E-state index contributed by atoms with van der Waals surface area (Å²) >= 11 is 0. The summed E-state index contributed by atoms with van der Waals surface area (Å²) in [6, 6.07) is 29.3. The van der Waals surface area contributed by atoms with Crippen LogP contribution in [0.4, 0.5) is 5.69 Å². The minimum absolute atomic E-state index is 0.111. The normalized spacial score (nSPS) is 26.9. The number of Topliss-reactive ketones (excluding diaryl/α,β-unsaturated/α-hetero) is 1. The molecule has 6 atom stereocenters. The lowest BCUT2D eigenvalue weighted by Crippen LogP contribution is -2.58. The highest BCUT2D eigenvalue weighted by Crippen LogP contribution is 2.65. The topological polar surface area (TPSA) is 141 Å². The molecule has 4 aromatic carbocycles. The lowest BCUT2D eigenvalue weighted by molar-refractivity contribution is -0.135. The third-order valence-electron chi connectivity index (χ3n) is 11.4. The summed E-state index contributed by atoms with van der Waals surface area (Å²) in [6.45, 7) is 0. The maximum atomic E-state index is 15.1. The molecule has 1 saturated heterocycles. The SMILES string of the molecule is COc1cccc([C@H]2C3=CC[C@@H]4C(=O)N(c5cccc(B(O)O)c5)C(=O)[C@@H]4[C@@H]3C[C@H]3C(=O)C(c4ccccc4)=CC(=O)[C@@]23c2ccccc2)c1O. The minimum Gasteiger partial charge on any atom is -0.504 e. The zero-order valence-electron chi connectivity index (χ0n) is 27.7. The van der Waals surface area contributed by atoms with Crippen molar-refractivity contribution in [2.75, 3.05) is 12.0 Å². The summed E-state index contributed by atoms with van der Waals surface area (Å²) in [5, 5.41) is 31.4. The summed E-state index contributed by atoms with van der Waals surface area (Å²) in [5.41, 5.74) is 1.44. The number of amides is 2. The van der Waals surface area contributed by atoms with Gasteiger partial charge >= 0.3 is 7.12 Å². The molecule has 3 N–H and O–H groups in total. The van der Waals surface area contributed by atoms with E-state index in [1.807, 2.05) is 42.5 Å². The number of nitrogens with zero attached hydrogens (tertiary/aromatic N) is 1. The van der Waals surface area contributed by atoms with Crippen LogP contribution in [0.1, 0.15) is 35.4 Å². The van der Waals surface area contributed by atoms with Crippen molar-refractivity contribution in [2.24, 2.45) is 23.7 Å². The van der Waals surface area contributed by atoms with Gasteiger partial charge in [0.25, 0.3) is 0 Å². The first-order valence-corrected chi connectivity index (χ1v) is 17.0. The van der Waals surface area contributed by atoms with Crippen molar-refractivity contribution >= 4 is 47.2 Å². The highest BCUT2D eigenvalue weighted by atomic mass is 16.5. The van der Waals surface area contributed by atoms with Gasteiger partial charge in [-0.15, -0.1) is 0 Å². The number of methoxy groups -OCH3 is 1. The Morgan fingerprint density at radius 2 is 1.53 bits per heavy atom. The quantitative estimate of drug-likeness (QED) is 0.157. The maximum absolute atomic E-state index is 15.1. The molecule has 254 valence electrons. The van der Waals surface area contributed by atoms with Crippen LogP contribution in [0, 0.1) is 23.7 Å². The number of hydrogen-bond donors (Lipinski definition) is 3. The van der Waals surface area contributed by atoms with Crippen molar-refractivity contribution < 1.29 is 39.1 Å². The molecular weight excluding hydrogens is 645 g/mol. The monoisotopic (exact) mass is 679 g/mol. The molecule has 0 spiro atoms. The van der Waals surface area contributed by atoms with Crippen molar-refractivity contribution in [3.05, 3.63) is 138 Å². The number of carbonyl (C=O) groups is 4. The average Bonchev–Trinajstić information content (AvgIpc) is 3.42. The number of allylic oxidation sites excluding steroid dienone is 4. The predicted octanol–water partition coefficient (Wildman–Crippen LogP) is 4.11. The predicted molar refractivity (Wildman–Crippen MR) is 190 cm³/mol. The fourth-order valence-electron chi connectivity index (χ4n) is 9.23. The van der Waals surface area contributed by atoms with E-state index in [1.54, 1.807) is 54.6 Å². The molecule has 0 aromatic heterocycles. The number of phenols is 1. The summed E-state index contributed by atoms with van der Waals surface area (Å²) in [4.78, 5) is 59.9. The number of rotatable bonds is 6. The van der Waals surface area contributed by atoms with Gasteiger partial charge in [0.05, 0.1) is 30.0 Å². The summed E-state index contributed by atoms with van der Waals surface area (Å²) in [7, 11) is -0.356. The van der Waals surface area contributed by atoms with E-state index in [0.29, 0.717) is 22.3 Å². The number of fused-ring (bicyclic) bond motifs is 4. The molecular formula is C41H34BNO8. The third-order valence-corrected chi connectivity index (χ3v) is 11.4. The zero-order chi connectivity index (χ0) is 35.6. The first kappa shape index (κ1) is 32.6. The van der Waals surface area contributed by atoms with Crippen molar-refractivity contribution in [1.82, 2.24) is 0 Å². The Kier molecular flexibility index (Phi) is 7.89. The number of aromatic hydroxyl groups is 1. The van der Waals surface area contributed by atoms with Crippen LogP contribution in [-0.2, 0) is 24.6 Å². The number of carbonyl (C=O) groups excluding carboxylic acids is 4. The molecule has 0 bridgehead atoms. The molecule has 51 heavy (non-hydrogen) atoms. The number of ether oxygens (including phenoxy) is 1. The second-order valence-electron chi connectivity index (χ2n) is 13.7. The summed E-state index contributed by atoms with van der Waals surface area (Å²) < 4.78 is 5.53. The molecule has 1 saturated carbocycles. The fourth-order valence-corrected chi connectivity index (χ4v) is 9.23. The lowest BCUT2D eigenvalue weighted by atomic mass is 9.44. The van der Waals surface area contributed by atoms with E-state index < -0.39 is 53.9 Å². The Hall–Kier alpha value is -5.58. The molecule has 9 nitrogen and oxygen atoms in total. The Morgan fingerprint density at radius 1 is 0.824 bits per heavy atom. The lowest BCUT2D eigenvalue weighted by Gasteiger charge is -2.55. The maximum Gasteiger partial charge on any atom is 0.488 e. The van der Waals surface area contributed by atoms with Crippen LogP contribution >= 0.6 is 0 Å². The molecule has 0 unspecified atom stereocenters. The molecule has 2 amide bonds. The summed E-state index contributed by atoms with van der Waals surface area (Å²) in [6.07, 6.45) is 3.67. The van der Waals surface area contributed by atoms with Crippen molar-refractivity contribution in [3.8, 4) is 11.5 Å². The Balaban J connectivity index is 1.36. The van der Waals surface area contributed by atoms with Crippen molar-refractivity contribution in [2.45, 2.75) is 24.2 Å². The smallest absolute Gasteiger partial charge is 0.488 e. The van der Waals surface area contributed by atoms with Gasteiger partial charge in [-0.3, -0.25) is 24.1 Å². The highest BCUT2D eigenvalue weighted by Gasteiger charge is 2.66. The van der Waals surface area contributed by atoms with Gasteiger partial charge in [0.1, 0.15) is 0 Å². The zero-order valence-corrected chi connectivity index (χ0v) is 27.7. The van der Waals surface area contributed by atoms with Gasteiger partial charge in [0.15, 0.2) is 23.1 Å². The number of benzene rings is 4. The molecule has 3 aliphatic carbocycles. The van der Waals surface area contributed by atoms with Gasteiger partial charge in [0.2, 0.25) is 11.8 Å². The van der Waals surface area contributed by atoms with Gasteiger partial charge in [-0.25, -0.2) is 0 Å². The van der Waals surface area contributed by atoms with E-state index in [-0.39, 0.29) is 52.6 Å². The minimum atomic E-state index is -1.80. The number of ketones is 2.